The highest BCUT2D eigenvalue weighted by molar-refractivity contribution is 7.97. The molecule has 3 aromatic rings. The lowest BCUT2D eigenvalue weighted by Crippen LogP contribution is -2.27. The Hall–Kier alpha value is -3.41. The maximum Gasteiger partial charge on any atom is 0.344 e. The number of nitriles is 1. The molecule has 0 radical (unpaired) electrons. The minimum Gasteiger partial charge on any atom is -0.481 e. The fourth-order valence-electron chi connectivity index (χ4n) is 3.31. The number of hydrogen-bond donors (Lipinski definition) is 0. The number of hydrogen-bond acceptors (Lipinski definition) is 6. The number of nitrogens with zero attached hydrogens (tertiary/aromatic N) is 2. The van der Waals surface area contributed by atoms with Crippen LogP contribution in [-0.2, 0) is 16.1 Å². The molecule has 0 heterocycles. The number of ether oxygens (including phenoxy) is 2. The van der Waals surface area contributed by atoms with Crippen molar-refractivity contribution in [1.82, 2.24) is 4.31 Å². The van der Waals surface area contributed by atoms with E-state index in [-0.39, 0.29) is 18.0 Å². The summed E-state index contributed by atoms with van der Waals surface area (Å²) >= 11 is 1.45. The van der Waals surface area contributed by atoms with Gasteiger partial charge in [0.1, 0.15) is 23.0 Å². The van der Waals surface area contributed by atoms with Crippen molar-refractivity contribution >= 4 is 17.9 Å². The van der Waals surface area contributed by atoms with Gasteiger partial charge in [-0.3, -0.25) is 0 Å². The quantitative estimate of drug-likeness (QED) is 0.267. The maximum absolute atomic E-state index is 14.2. The Kier molecular flexibility index (Phi) is 8.49. The van der Waals surface area contributed by atoms with Crippen molar-refractivity contribution in [3.8, 4) is 22.9 Å². The summed E-state index contributed by atoms with van der Waals surface area (Å²) in [6.45, 7) is 5.50. The standard InChI is InChI=1S/C27H26F2N2O3S/c1-27(2,3)34-26(32)17-33-25-10-5-18(16-31(4)35-23-8-6-21(28)7-9-23)13-24(25)20-11-19(15-30)12-22(29)14-20/h5-14H,16-17H2,1-4H3. The third-order valence-electron chi connectivity index (χ3n) is 4.63. The first-order valence-electron chi connectivity index (χ1n) is 10.9. The molecule has 0 aromatic heterocycles. The van der Waals surface area contributed by atoms with E-state index in [1.54, 1.807) is 45.0 Å². The van der Waals surface area contributed by atoms with Crippen LogP contribution >= 0.6 is 11.9 Å². The van der Waals surface area contributed by atoms with Gasteiger partial charge < -0.3 is 9.47 Å². The van der Waals surface area contributed by atoms with Crippen molar-refractivity contribution in [3.63, 3.8) is 0 Å². The Labute approximate surface area is 208 Å². The van der Waals surface area contributed by atoms with Crippen LogP contribution in [0.2, 0.25) is 0 Å². The van der Waals surface area contributed by atoms with Crippen LogP contribution in [0.1, 0.15) is 31.9 Å². The SMILES string of the molecule is CN(Cc1ccc(OCC(=O)OC(C)(C)C)c(-c2cc(F)cc(C#N)c2)c1)Sc1ccc(F)cc1. The van der Waals surface area contributed by atoms with E-state index in [0.717, 1.165) is 16.5 Å². The van der Waals surface area contributed by atoms with E-state index < -0.39 is 17.4 Å². The van der Waals surface area contributed by atoms with Crippen molar-refractivity contribution in [3.05, 3.63) is 83.4 Å². The van der Waals surface area contributed by atoms with Crippen molar-refractivity contribution in [2.24, 2.45) is 0 Å². The zero-order valence-electron chi connectivity index (χ0n) is 20.0. The van der Waals surface area contributed by atoms with Crippen molar-refractivity contribution < 1.29 is 23.0 Å². The van der Waals surface area contributed by atoms with Gasteiger partial charge in [0.25, 0.3) is 0 Å². The van der Waals surface area contributed by atoms with Gasteiger partial charge in [0.05, 0.1) is 11.6 Å². The van der Waals surface area contributed by atoms with Gasteiger partial charge in [-0.1, -0.05) is 6.07 Å². The molecule has 0 unspecified atom stereocenters. The minimum atomic E-state index is -0.649. The summed E-state index contributed by atoms with van der Waals surface area (Å²) in [4.78, 5) is 13.0. The largest absolute Gasteiger partial charge is 0.481 e. The molecule has 0 aliphatic heterocycles. The monoisotopic (exact) mass is 496 g/mol. The molecule has 0 saturated carbocycles. The maximum atomic E-state index is 14.2. The first-order chi connectivity index (χ1) is 16.5. The Morgan fingerprint density at radius 2 is 1.74 bits per heavy atom. The molecule has 182 valence electrons. The molecule has 0 atom stereocenters. The van der Waals surface area contributed by atoms with Crippen LogP contribution in [0.3, 0.4) is 0 Å². The smallest absolute Gasteiger partial charge is 0.344 e. The Bertz CT molecular complexity index is 1230. The van der Waals surface area contributed by atoms with Crippen LogP contribution < -0.4 is 4.74 Å². The third kappa shape index (κ3) is 8.09. The Balaban J connectivity index is 1.86. The predicted octanol–water partition coefficient (Wildman–Crippen LogP) is 6.36. The van der Waals surface area contributed by atoms with Gasteiger partial charge in [-0.25, -0.2) is 17.9 Å². The summed E-state index contributed by atoms with van der Waals surface area (Å²) in [5.74, 6) is -1.01. The summed E-state index contributed by atoms with van der Waals surface area (Å²) < 4.78 is 40.4. The number of carbonyl (C=O) groups is 1. The molecule has 0 spiro atoms. The molecule has 0 bridgehead atoms. The lowest BCUT2D eigenvalue weighted by molar-refractivity contribution is -0.157. The number of halogens is 2. The summed E-state index contributed by atoms with van der Waals surface area (Å²) in [6.07, 6.45) is 0. The van der Waals surface area contributed by atoms with Crippen LogP contribution in [0.25, 0.3) is 11.1 Å². The van der Waals surface area contributed by atoms with Crippen LogP contribution in [0.4, 0.5) is 8.78 Å². The van der Waals surface area contributed by atoms with Gasteiger partial charge >= 0.3 is 5.97 Å². The first kappa shape index (κ1) is 26.2. The molecule has 8 heteroatoms. The van der Waals surface area contributed by atoms with E-state index in [2.05, 4.69) is 0 Å². The lowest BCUT2D eigenvalue weighted by atomic mass is 10.00. The zero-order valence-corrected chi connectivity index (χ0v) is 20.8. The second-order valence-electron chi connectivity index (χ2n) is 8.88. The van der Waals surface area contributed by atoms with Gasteiger partial charge in [0.15, 0.2) is 6.61 Å². The van der Waals surface area contributed by atoms with Crippen LogP contribution in [0.5, 0.6) is 5.75 Å². The van der Waals surface area contributed by atoms with E-state index in [1.165, 1.54) is 30.1 Å². The van der Waals surface area contributed by atoms with Gasteiger partial charge in [-0.2, -0.15) is 5.26 Å². The lowest BCUT2D eigenvalue weighted by Gasteiger charge is -2.20. The minimum absolute atomic E-state index is 0.174. The molecule has 0 amide bonds. The average Bonchev–Trinajstić information content (AvgIpc) is 2.78. The highest BCUT2D eigenvalue weighted by Gasteiger charge is 2.18. The summed E-state index contributed by atoms with van der Waals surface area (Å²) in [5, 5.41) is 9.28. The van der Waals surface area contributed by atoms with E-state index >= 15 is 0 Å². The highest BCUT2D eigenvalue weighted by atomic mass is 32.2. The summed E-state index contributed by atoms with van der Waals surface area (Å²) in [6, 6.07) is 17.6. The molecule has 0 aliphatic carbocycles. The van der Waals surface area contributed by atoms with Crippen molar-refractivity contribution in [1.29, 1.82) is 5.26 Å². The number of rotatable bonds is 8. The molecule has 0 N–H and O–H groups in total. The van der Waals surface area contributed by atoms with Gasteiger partial charge in [0.2, 0.25) is 0 Å². The number of benzene rings is 3. The third-order valence-corrected chi connectivity index (χ3v) is 5.55. The van der Waals surface area contributed by atoms with Gasteiger partial charge in [-0.15, -0.1) is 0 Å². The topological polar surface area (TPSA) is 62.6 Å². The number of esters is 1. The van der Waals surface area contributed by atoms with Crippen molar-refractivity contribution in [2.75, 3.05) is 13.7 Å². The second kappa shape index (κ2) is 11.3. The fraction of sp³-hybridized carbons (Fsp3) is 0.259. The van der Waals surface area contributed by atoms with Crippen LogP contribution in [0, 0.1) is 23.0 Å². The van der Waals surface area contributed by atoms with E-state index in [0.29, 0.717) is 23.4 Å². The molecule has 0 aliphatic rings. The first-order valence-corrected chi connectivity index (χ1v) is 11.6. The molecule has 3 aromatic carbocycles. The summed E-state index contributed by atoms with van der Waals surface area (Å²) in [7, 11) is 1.90. The average molecular weight is 497 g/mol. The van der Waals surface area contributed by atoms with E-state index in [9.17, 15) is 18.8 Å². The highest BCUT2D eigenvalue weighted by Crippen LogP contribution is 2.34. The molecule has 5 nitrogen and oxygen atoms in total. The molecular weight excluding hydrogens is 470 g/mol. The van der Waals surface area contributed by atoms with E-state index in [4.69, 9.17) is 9.47 Å². The number of carbonyl (C=O) groups excluding carboxylic acids is 1. The molecule has 35 heavy (non-hydrogen) atoms. The zero-order chi connectivity index (χ0) is 25.6. The normalized spacial score (nSPS) is 11.3. The molecular formula is C27H26F2N2O3S. The van der Waals surface area contributed by atoms with E-state index in [1.807, 2.05) is 29.6 Å². The fourth-order valence-corrected chi connectivity index (χ4v) is 4.14. The molecule has 0 saturated heterocycles. The van der Waals surface area contributed by atoms with Crippen molar-refractivity contribution in [2.45, 2.75) is 37.8 Å². The summed E-state index contributed by atoms with van der Waals surface area (Å²) in [5.41, 5.74) is 1.42. The van der Waals surface area contributed by atoms with Gasteiger partial charge in [0, 0.05) is 17.0 Å². The van der Waals surface area contributed by atoms with Crippen LogP contribution in [0.15, 0.2) is 65.6 Å². The second-order valence-corrected chi connectivity index (χ2v) is 10.2. The Morgan fingerprint density at radius 3 is 2.40 bits per heavy atom. The van der Waals surface area contributed by atoms with Crippen LogP contribution in [-0.4, -0.2) is 29.5 Å². The molecule has 3 rings (SSSR count). The van der Waals surface area contributed by atoms with Gasteiger partial charge in [-0.05, 0) is 105 Å². The molecule has 0 fully saturated rings. The Morgan fingerprint density at radius 1 is 1.03 bits per heavy atom. The predicted molar refractivity (Wildman–Crippen MR) is 132 cm³/mol.